The highest BCUT2D eigenvalue weighted by atomic mass is 127. The minimum Gasteiger partial charge on any atom is -0.378 e. The van der Waals surface area contributed by atoms with E-state index in [1.54, 1.807) is 19.3 Å². The quantitative estimate of drug-likeness (QED) is 0.130. The number of hydrogen-bond donors (Lipinski definition) is 2. The number of carbonyl (C=O) groups excluding carboxylic acids is 2. The van der Waals surface area contributed by atoms with Crippen LogP contribution < -0.4 is 15.5 Å². The Kier molecular flexibility index (Phi) is 9.92. The van der Waals surface area contributed by atoms with Crippen LogP contribution in [0.1, 0.15) is 92.3 Å². The predicted octanol–water partition coefficient (Wildman–Crippen LogP) is 7.72. The summed E-state index contributed by atoms with van der Waals surface area (Å²) in [5.74, 6) is -0.0546. The first-order chi connectivity index (χ1) is 27.2. The molecule has 11 nitrogen and oxygen atoms in total. The number of hydrogen-bond acceptors (Lipinski definition) is 8. The van der Waals surface area contributed by atoms with Crippen molar-refractivity contribution in [3.05, 3.63) is 65.2 Å². The zero-order chi connectivity index (χ0) is 40.0. The Bertz CT molecular complexity index is 2240. The Morgan fingerprint density at radius 2 is 1.72 bits per heavy atom. The zero-order valence-corrected chi connectivity index (χ0v) is 36.0. The fraction of sp³-hybridized carbons (Fsp3) is 0.545. The average Bonchev–Trinajstić information content (AvgIpc) is 3.78. The Morgan fingerprint density at radius 1 is 0.982 bits per heavy atom. The molecule has 1 aliphatic carbocycles. The van der Waals surface area contributed by atoms with Gasteiger partial charge in [-0.2, -0.15) is 0 Å². The molecule has 1 unspecified atom stereocenters. The van der Waals surface area contributed by atoms with Crippen molar-refractivity contribution in [3.63, 3.8) is 0 Å². The maximum atomic E-state index is 15.7. The van der Waals surface area contributed by atoms with E-state index in [1.165, 1.54) is 12.5 Å². The Balaban J connectivity index is 1.09. The summed E-state index contributed by atoms with van der Waals surface area (Å²) in [6, 6.07) is 12.4. The molecule has 13 heteroatoms. The number of nitrogens with one attached hydrogen (secondary N) is 2. The van der Waals surface area contributed by atoms with Crippen molar-refractivity contribution >= 4 is 62.6 Å². The van der Waals surface area contributed by atoms with Crippen LogP contribution in [0.5, 0.6) is 0 Å². The van der Waals surface area contributed by atoms with Crippen LogP contribution in [0.3, 0.4) is 0 Å². The number of piperidine rings is 1. The highest BCUT2D eigenvalue weighted by Crippen LogP contribution is 2.53. The average molecular weight is 889 g/mol. The van der Waals surface area contributed by atoms with Gasteiger partial charge in [-0.3, -0.25) is 19.4 Å². The Morgan fingerprint density at radius 3 is 2.37 bits per heavy atom. The van der Waals surface area contributed by atoms with Crippen LogP contribution in [-0.2, 0) is 14.9 Å². The van der Waals surface area contributed by atoms with Gasteiger partial charge < -0.3 is 24.8 Å². The van der Waals surface area contributed by atoms with Crippen molar-refractivity contribution in [2.24, 2.45) is 5.41 Å². The molecular formula is C44H54FIN8O3. The number of fused-ring (bicyclic) bond motifs is 3. The molecule has 1 spiro atoms. The maximum Gasteiger partial charge on any atom is 0.251 e. The minimum atomic E-state index is -0.544. The minimum absolute atomic E-state index is 0.0352. The number of imidazole rings is 1. The van der Waals surface area contributed by atoms with Crippen molar-refractivity contribution in [3.8, 4) is 11.3 Å². The summed E-state index contributed by atoms with van der Waals surface area (Å²) in [6.07, 6.45) is 6.56. The van der Waals surface area contributed by atoms with E-state index in [-0.39, 0.29) is 33.6 Å². The first kappa shape index (κ1) is 38.8. The number of aryl methyl sites for hydroxylation is 1. The summed E-state index contributed by atoms with van der Waals surface area (Å²) in [7, 11) is 0. The van der Waals surface area contributed by atoms with E-state index < -0.39 is 11.2 Å². The normalized spacial score (nSPS) is 23.9. The summed E-state index contributed by atoms with van der Waals surface area (Å²) in [5.41, 5.74) is 6.00. The fourth-order valence-corrected chi connectivity index (χ4v) is 10.3. The number of amides is 2. The first-order valence-corrected chi connectivity index (χ1v) is 21.9. The van der Waals surface area contributed by atoms with Gasteiger partial charge in [0.2, 0.25) is 5.91 Å². The highest BCUT2D eigenvalue weighted by molar-refractivity contribution is 14.1. The molecular weight excluding hydrogens is 834 g/mol. The van der Waals surface area contributed by atoms with Crippen LogP contribution in [0.15, 0.2) is 42.7 Å². The van der Waals surface area contributed by atoms with Gasteiger partial charge in [0.1, 0.15) is 11.3 Å². The van der Waals surface area contributed by atoms with Gasteiger partial charge in [0.25, 0.3) is 5.91 Å². The van der Waals surface area contributed by atoms with E-state index in [4.69, 9.17) is 14.7 Å². The molecule has 0 bridgehead atoms. The molecule has 2 aromatic carbocycles. The third kappa shape index (κ3) is 6.83. The lowest BCUT2D eigenvalue weighted by Crippen LogP contribution is -2.59. The van der Waals surface area contributed by atoms with Gasteiger partial charge in [0.05, 0.1) is 51.9 Å². The maximum absolute atomic E-state index is 15.7. The summed E-state index contributed by atoms with van der Waals surface area (Å²) < 4.78 is 23.3. The molecule has 4 aliphatic heterocycles. The third-order valence-electron chi connectivity index (χ3n) is 13.3. The molecule has 4 fully saturated rings. The van der Waals surface area contributed by atoms with Crippen LogP contribution in [0.4, 0.5) is 21.6 Å². The molecule has 1 atom stereocenters. The van der Waals surface area contributed by atoms with Crippen LogP contribution in [0.2, 0.25) is 0 Å². The predicted molar refractivity (Wildman–Crippen MR) is 230 cm³/mol. The van der Waals surface area contributed by atoms with E-state index >= 15 is 4.39 Å². The SMILES string of the molecule is Cc1cc(F)c(Nc2nc(-c3ccc4c(c3)N(C3CC(N5CCC(C)(C)C5)C3)C(=O)C43CCN(C4COC4)CC3)cc3ncn(C(C)I)c23)cc1C(=O)NC(C)C. The van der Waals surface area contributed by atoms with Crippen molar-refractivity contribution < 1.29 is 18.7 Å². The molecule has 1 saturated carbocycles. The van der Waals surface area contributed by atoms with Crippen LogP contribution >= 0.6 is 22.6 Å². The largest absolute Gasteiger partial charge is 0.378 e. The second-order valence-electron chi connectivity index (χ2n) is 18.2. The number of anilines is 3. The van der Waals surface area contributed by atoms with Crippen molar-refractivity contribution in [1.82, 2.24) is 29.7 Å². The van der Waals surface area contributed by atoms with Gasteiger partial charge in [-0.15, -0.1) is 0 Å². The van der Waals surface area contributed by atoms with E-state index in [1.807, 2.05) is 24.5 Å². The number of pyridine rings is 1. The van der Waals surface area contributed by atoms with Crippen molar-refractivity contribution in [2.75, 3.05) is 49.6 Å². The first-order valence-electron chi connectivity index (χ1n) is 20.7. The fourth-order valence-electron chi connectivity index (χ4n) is 9.88. The number of halogens is 2. The van der Waals surface area contributed by atoms with E-state index in [9.17, 15) is 9.59 Å². The highest BCUT2D eigenvalue weighted by Gasteiger charge is 2.56. The van der Waals surface area contributed by atoms with Crippen LogP contribution in [-0.4, -0.2) is 99.7 Å². The molecule has 9 rings (SSSR count). The lowest BCUT2D eigenvalue weighted by molar-refractivity contribution is -0.128. The summed E-state index contributed by atoms with van der Waals surface area (Å²) in [6.45, 7) is 17.9. The van der Waals surface area contributed by atoms with Gasteiger partial charge in [0.15, 0.2) is 5.82 Å². The molecule has 5 aliphatic rings. The summed E-state index contributed by atoms with van der Waals surface area (Å²) in [5, 5.41) is 6.21. The molecule has 302 valence electrons. The lowest BCUT2D eigenvalue weighted by atomic mass is 9.73. The van der Waals surface area contributed by atoms with E-state index in [0.29, 0.717) is 45.7 Å². The van der Waals surface area contributed by atoms with Crippen LogP contribution in [0, 0.1) is 18.2 Å². The number of benzene rings is 2. The number of carbonyl (C=O) groups is 2. The monoisotopic (exact) mass is 888 g/mol. The second kappa shape index (κ2) is 14.6. The number of ether oxygens (including phenoxy) is 1. The Hall–Kier alpha value is -3.66. The summed E-state index contributed by atoms with van der Waals surface area (Å²) >= 11 is 2.33. The van der Waals surface area contributed by atoms with Gasteiger partial charge in [-0.1, -0.05) is 48.6 Å². The second-order valence-corrected chi connectivity index (χ2v) is 20.0. The zero-order valence-electron chi connectivity index (χ0n) is 33.9. The Labute approximate surface area is 348 Å². The van der Waals surface area contributed by atoms with Gasteiger partial charge in [-0.05, 0) is 120 Å². The number of aromatic nitrogens is 3. The lowest BCUT2D eigenvalue weighted by Gasteiger charge is -2.47. The van der Waals surface area contributed by atoms with E-state index in [0.717, 1.165) is 87.4 Å². The number of nitrogens with zero attached hydrogens (tertiary/aromatic N) is 6. The van der Waals surface area contributed by atoms with Gasteiger partial charge in [0, 0.05) is 41.5 Å². The van der Waals surface area contributed by atoms with Gasteiger partial charge in [-0.25, -0.2) is 14.4 Å². The van der Waals surface area contributed by atoms with Crippen LogP contribution in [0.25, 0.3) is 22.3 Å². The smallest absolute Gasteiger partial charge is 0.251 e. The topological polar surface area (TPSA) is 108 Å². The number of alkyl halides is 1. The molecule has 57 heavy (non-hydrogen) atoms. The molecule has 4 aromatic rings. The van der Waals surface area contributed by atoms with Gasteiger partial charge >= 0.3 is 0 Å². The summed E-state index contributed by atoms with van der Waals surface area (Å²) in [4.78, 5) is 45.4. The standard InChI is InChI=1S/C44H54FIN8O3/c1-25(2)48-41(55)32-19-36(34(45)15-26(32)3)50-40-39-37(47-24-53(39)27(4)46)20-35(49-40)28-7-8-33-38(16-28)54(30-17-29(18-30)52-12-9-43(5,6)23-52)42(56)44(33)10-13-51(14-11-44)31-21-57-22-31/h7-8,15-16,19-20,24-25,27,29-31H,9-14,17-18,21-23H2,1-6H3,(H,48,55)(H,49,50). The molecule has 0 radical (unpaired) electrons. The molecule has 6 heterocycles. The molecule has 3 saturated heterocycles. The van der Waals surface area contributed by atoms with E-state index in [2.05, 4.69) is 86.9 Å². The number of rotatable bonds is 9. The molecule has 2 N–H and O–H groups in total. The molecule has 2 aromatic heterocycles. The van der Waals surface area contributed by atoms with Crippen molar-refractivity contribution in [2.45, 2.75) is 107 Å². The number of likely N-dealkylation sites (tertiary alicyclic amines) is 2. The van der Waals surface area contributed by atoms with Crippen molar-refractivity contribution in [1.29, 1.82) is 0 Å². The molecule has 2 amide bonds. The third-order valence-corrected chi connectivity index (χ3v) is 13.9.